The van der Waals surface area contributed by atoms with Gasteiger partial charge in [0.15, 0.2) is 0 Å². The maximum absolute atomic E-state index is 11.2. The summed E-state index contributed by atoms with van der Waals surface area (Å²) in [5, 5.41) is 0. The summed E-state index contributed by atoms with van der Waals surface area (Å²) in [4.78, 5) is 17.6. The molecular weight excluding hydrogens is 230 g/mol. The van der Waals surface area contributed by atoms with Gasteiger partial charge in [0, 0.05) is 6.04 Å². The number of pyridine rings is 1. The highest BCUT2D eigenvalue weighted by molar-refractivity contribution is 5.94. The molecule has 0 aliphatic carbocycles. The second-order valence-corrected chi connectivity index (χ2v) is 4.76. The first-order chi connectivity index (χ1) is 8.58. The zero-order valence-electron chi connectivity index (χ0n) is 10.8. The van der Waals surface area contributed by atoms with Gasteiger partial charge in [0.25, 0.3) is 5.91 Å². The van der Waals surface area contributed by atoms with Gasteiger partial charge in [-0.1, -0.05) is 0 Å². The number of hydrogen-bond acceptors (Lipinski definition) is 4. The lowest BCUT2D eigenvalue weighted by molar-refractivity contribution is 0.0998. The predicted octanol–water partition coefficient (Wildman–Crippen LogP) is 0.962. The first-order valence-corrected chi connectivity index (χ1v) is 6.17. The molecule has 2 N–H and O–H groups in total. The van der Waals surface area contributed by atoms with Crippen molar-refractivity contribution in [1.29, 1.82) is 0 Å². The van der Waals surface area contributed by atoms with Crippen molar-refractivity contribution in [3.63, 3.8) is 0 Å². The summed E-state index contributed by atoms with van der Waals surface area (Å²) in [7, 11) is 2.10. The highest BCUT2D eigenvalue weighted by atomic mass is 16.5. The number of amides is 1. The number of nitrogens with zero attached hydrogens (tertiary/aromatic N) is 2. The van der Waals surface area contributed by atoms with Crippen LogP contribution in [0.5, 0.6) is 5.75 Å². The Balaban J connectivity index is 2.01. The van der Waals surface area contributed by atoms with Crippen molar-refractivity contribution in [1.82, 2.24) is 9.88 Å². The predicted molar refractivity (Wildman–Crippen MR) is 68.6 cm³/mol. The summed E-state index contributed by atoms with van der Waals surface area (Å²) >= 11 is 0. The number of carbonyl (C=O) groups excluding carboxylic acids is 1. The largest absolute Gasteiger partial charge is 0.490 e. The molecule has 5 heteroatoms. The molecule has 1 saturated heterocycles. The molecule has 1 amide bonds. The molecule has 0 radical (unpaired) electrons. The van der Waals surface area contributed by atoms with Gasteiger partial charge in [-0.15, -0.1) is 0 Å². The zero-order valence-corrected chi connectivity index (χ0v) is 10.8. The van der Waals surface area contributed by atoms with E-state index in [1.165, 1.54) is 6.42 Å². The molecule has 1 fully saturated rings. The summed E-state index contributed by atoms with van der Waals surface area (Å²) in [6.07, 6.45) is 4.00. The summed E-state index contributed by atoms with van der Waals surface area (Å²) < 4.78 is 5.69. The first kappa shape index (κ1) is 12.8. The molecule has 0 bridgehead atoms. The number of aromatic nitrogens is 1. The van der Waals surface area contributed by atoms with Crippen molar-refractivity contribution in [2.45, 2.75) is 25.8 Å². The van der Waals surface area contributed by atoms with Crippen LogP contribution < -0.4 is 10.5 Å². The second-order valence-electron chi connectivity index (χ2n) is 4.76. The lowest BCUT2D eigenvalue weighted by atomic mass is 10.2. The van der Waals surface area contributed by atoms with Crippen molar-refractivity contribution in [3.8, 4) is 5.75 Å². The molecule has 2 rings (SSSR count). The molecule has 18 heavy (non-hydrogen) atoms. The molecule has 1 aromatic rings. The zero-order chi connectivity index (χ0) is 13.1. The average Bonchev–Trinajstić information content (AvgIpc) is 2.73. The Morgan fingerprint density at radius 3 is 3.06 bits per heavy atom. The highest BCUT2D eigenvalue weighted by Crippen LogP contribution is 2.18. The van der Waals surface area contributed by atoms with Crippen LogP contribution in [0.15, 0.2) is 12.3 Å². The minimum Gasteiger partial charge on any atom is -0.490 e. The average molecular weight is 249 g/mol. The topological polar surface area (TPSA) is 68.4 Å². The van der Waals surface area contributed by atoms with Gasteiger partial charge in [-0.25, -0.2) is 0 Å². The van der Waals surface area contributed by atoms with E-state index in [2.05, 4.69) is 16.9 Å². The van der Waals surface area contributed by atoms with Gasteiger partial charge in [-0.05, 0) is 39.4 Å². The Bertz CT molecular complexity index is 448. The molecule has 2 heterocycles. The van der Waals surface area contributed by atoms with E-state index < -0.39 is 5.91 Å². The third-order valence-electron chi connectivity index (χ3n) is 3.44. The van der Waals surface area contributed by atoms with Crippen LogP contribution in [0, 0.1) is 6.92 Å². The Hall–Kier alpha value is -1.62. The van der Waals surface area contributed by atoms with Gasteiger partial charge in [0.2, 0.25) is 0 Å². The molecule has 1 atom stereocenters. The first-order valence-electron chi connectivity index (χ1n) is 6.17. The van der Waals surface area contributed by atoms with E-state index in [-0.39, 0.29) is 0 Å². The number of likely N-dealkylation sites (N-methyl/N-ethyl adjacent to an activating group) is 1. The van der Waals surface area contributed by atoms with Crippen LogP contribution in [0.2, 0.25) is 0 Å². The van der Waals surface area contributed by atoms with Crippen molar-refractivity contribution in [2.24, 2.45) is 5.73 Å². The third kappa shape index (κ3) is 2.79. The van der Waals surface area contributed by atoms with E-state index in [9.17, 15) is 4.79 Å². The molecule has 1 aliphatic heterocycles. The number of aryl methyl sites for hydroxylation is 1. The van der Waals surface area contributed by atoms with E-state index in [0.717, 1.165) is 13.0 Å². The van der Waals surface area contributed by atoms with E-state index in [0.29, 0.717) is 29.7 Å². The van der Waals surface area contributed by atoms with Crippen LogP contribution in [0.4, 0.5) is 0 Å². The lowest BCUT2D eigenvalue weighted by Gasteiger charge is -2.19. The molecule has 98 valence electrons. The van der Waals surface area contributed by atoms with Crippen LogP contribution in [0.3, 0.4) is 0 Å². The van der Waals surface area contributed by atoms with Crippen molar-refractivity contribution >= 4 is 5.91 Å². The SMILES string of the molecule is Cc1ncc(OC[C@H]2CCCN2C)cc1C(N)=O. The Morgan fingerprint density at radius 2 is 2.44 bits per heavy atom. The standard InChI is InChI=1S/C13H19N3O2/c1-9-12(13(14)17)6-11(7-15-9)18-8-10-4-3-5-16(10)2/h6-7,10H,3-5,8H2,1-2H3,(H2,14,17)/t10-/m1/s1. The fourth-order valence-electron chi connectivity index (χ4n) is 2.22. The summed E-state index contributed by atoms with van der Waals surface area (Å²) in [5.74, 6) is 0.137. The quantitative estimate of drug-likeness (QED) is 0.863. The van der Waals surface area contributed by atoms with E-state index in [1.54, 1.807) is 19.2 Å². The number of rotatable bonds is 4. The van der Waals surface area contributed by atoms with Crippen LogP contribution in [-0.2, 0) is 0 Å². The van der Waals surface area contributed by atoms with Crippen LogP contribution >= 0.6 is 0 Å². The van der Waals surface area contributed by atoms with Crippen LogP contribution in [-0.4, -0.2) is 42.0 Å². The number of carbonyl (C=O) groups is 1. The molecule has 1 aromatic heterocycles. The van der Waals surface area contributed by atoms with Gasteiger partial charge in [-0.2, -0.15) is 0 Å². The Kier molecular flexibility index (Phi) is 3.81. The molecule has 0 spiro atoms. The maximum Gasteiger partial charge on any atom is 0.250 e. The summed E-state index contributed by atoms with van der Waals surface area (Å²) in [6.45, 7) is 3.50. The van der Waals surface area contributed by atoms with Crippen LogP contribution in [0.1, 0.15) is 28.9 Å². The smallest absolute Gasteiger partial charge is 0.250 e. The van der Waals surface area contributed by atoms with E-state index in [1.807, 2.05) is 0 Å². The van der Waals surface area contributed by atoms with E-state index in [4.69, 9.17) is 10.5 Å². The molecule has 1 aliphatic rings. The number of hydrogen-bond donors (Lipinski definition) is 1. The molecule has 0 unspecified atom stereocenters. The summed E-state index contributed by atoms with van der Waals surface area (Å²) in [5.41, 5.74) is 6.34. The Labute approximate surface area is 107 Å². The number of likely N-dealkylation sites (tertiary alicyclic amines) is 1. The molecule has 0 aromatic carbocycles. The number of nitrogens with two attached hydrogens (primary N) is 1. The monoisotopic (exact) mass is 249 g/mol. The molecule has 0 saturated carbocycles. The Morgan fingerprint density at radius 1 is 1.67 bits per heavy atom. The van der Waals surface area contributed by atoms with Gasteiger partial charge < -0.3 is 15.4 Å². The van der Waals surface area contributed by atoms with E-state index >= 15 is 0 Å². The van der Waals surface area contributed by atoms with Gasteiger partial charge in [0.1, 0.15) is 12.4 Å². The van der Waals surface area contributed by atoms with Crippen molar-refractivity contribution in [2.75, 3.05) is 20.2 Å². The summed E-state index contributed by atoms with van der Waals surface area (Å²) in [6, 6.07) is 2.11. The molecular formula is C13H19N3O2. The van der Waals surface area contributed by atoms with Crippen LogP contribution in [0.25, 0.3) is 0 Å². The highest BCUT2D eigenvalue weighted by Gasteiger charge is 2.21. The fraction of sp³-hybridized carbons (Fsp3) is 0.538. The van der Waals surface area contributed by atoms with Gasteiger partial charge in [-0.3, -0.25) is 9.78 Å². The number of primary amides is 1. The number of ether oxygens (including phenoxy) is 1. The van der Waals surface area contributed by atoms with Gasteiger partial charge >= 0.3 is 0 Å². The molecule has 5 nitrogen and oxygen atoms in total. The maximum atomic E-state index is 11.2. The second kappa shape index (κ2) is 5.35. The third-order valence-corrected chi connectivity index (χ3v) is 3.44. The minimum absolute atomic E-state index is 0.423. The van der Waals surface area contributed by atoms with Crippen molar-refractivity contribution < 1.29 is 9.53 Å². The lowest BCUT2D eigenvalue weighted by Crippen LogP contribution is -2.30. The minimum atomic E-state index is -0.469. The fourth-order valence-corrected chi connectivity index (χ4v) is 2.22. The normalized spacial score (nSPS) is 20.0. The van der Waals surface area contributed by atoms with Gasteiger partial charge in [0.05, 0.1) is 17.5 Å². The van der Waals surface area contributed by atoms with Crippen molar-refractivity contribution in [3.05, 3.63) is 23.5 Å².